The van der Waals surface area contributed by atoms with E-state index in [0.29, 0.717) is 12.2 Å². The molecule has 1 saturated heterocycles. The molecule has 1 aliphatic heterocycles. The SMILES string of the molecule is COC1CCCN(c2ccc(CCl)cc2[N+](=O)[O-])C1. The van der Waals surface area contributed by atoms with Gasteiger partial charge in [0.2, 0.25) is 0 Å². The molecule has 5 nitrogen and oxygen atoms in total. The summed E-state index contributed by atoms with van der Waals surface area (Å²) in [5.74, 6) is 0.280. The molecular formula is C13H17ClN2O3. The lowest BCUT2D eigenvalue weighted by Crippen LogP contribution is -2.39. The molecule has 104 valence electrons. The zero-order valence-corrected chi connectivity index (χ0v) is 11.6. The molecule has 0 radical (unpaired) electrons. The minimum Gasteiger partial charge on any atom is -0.380 e. The van der Waals surface area contributed by atoms with Crippen molar-refractivity contribution < 1.29 is 9.66 Å². The normalized spacial score (nSPS) is 19.5. The second-order valence-electron chi connectivity index (χ2n) is 4.66. The molecule has 0 spiro atoms. The van der Waals surface area contributed by atoms with Gasteiger partial charge < -0.3 is 9.64 Å². The molecule has 0 N–H and O–H groups in total. The second kappa shape index (κ2) is 6.21. The highest BCUT2D eigenvalue weighted by atomic mass is 35.5. The Morgan fingerprint density at radius 2 is 2.37 bits per heavy atom. The third kappa shape index (κ3) is 3.16. The van der Waals surface area contributed by atoms with Crippen LogP contribution in [0.25, 0.3) is 0 Å². The van der Waals surface area contributed by atoms with Crippen LogP contribution in [0, 0.1) is 10.1 Å². The van der Waals surface area contributed by atoms with Gasteiger partial charge in [0.1, 0.15) is 5.69 Å². The van der Waals surface area contributed by atoms with E-state index in [-0.39, 0.29) is 22.6 Å². The van der Waals surface area contributed by atoms with E-state index in [1.807, 2.05) is 11.0 Å². The summed E-state index contributed by atoms with van der Waals surface area (Å²) in [4.78, 5) is 12.9. The number of halogens is 1. The number of nitrogens with zero attached hydrogens (tertiary/aromatic N) is 2. The van der Waals surface area contributed by atoms with Gasteiger partial charge in [-0.1, -0.05) is 6.07 Å². The number of benzene rings is 1. The first-order chi connectivity index (χ1) is 9.15. The summed E-state index contributed by atoms with van der Waals surface area (Å²) in [5, 5.41) is 11.2. The van der Waals surface area contributed by atoms with Crippen LogP contribution in [0.1, 0.15) is 18.4 Å². The predicted octanol–water partition coefficient (Wildman–Crippen LogP) is 2.95. The fraction of sp³-hybridized carbons (Fsp3) is 0.538. The maximum atomic E-state index is 11.2. The summed E-state index contributed by atoms with van der Waals surface area (Å²) < 4.78 is 5.36. The van der Waals surface area contributed by atoms with Gasteiger partial charge in [0.15, 0.2) is 0 Å². The summed E-state index contributed by atoms with van der Waals surface area (Å²) in [7, 11) is 1.68. The van der Waals surface area contributed by atoms with Gasteiger partial charge in [-0.15, -0.1) is 11.6 Å². The van der Waals surface area contributed by atoms with E-state index in [9.17, 15) is 10.1 Å². The molecule has 1 fully saturated rings. The molecule has 1 atom stereocenters. The molecule has 6 heteroatoms. The standard InChI is InChI=1S/C13H17ClN2O3/c1-19-11-3-2-6-15(9-11)12-5-4-10(8-14)7-13(12)16(17)18/h4-5,7,11H,2-3,6,8-9H2,1H3. The minimum atomic E-state index is -0.345. The number of piperidine rings is 1. The third-order valence-corrected chi connectivity index (χ3v) is 3.75. The van der Waals surface area contributed by atoms with E-state index in [1.54, 1.807) is 19.2 Å². The van der Waals surface area contributed by atoms with E-state index in [0.717, 1.165) is 24.9 Å². The maximum Gasteiger partial charge on any atom is 0.292 e. The summed E-state index contributed by atoms with van der Waals surface area (Å²) in [6.07, 6.45) is 2.12. The third-order valence-electron chi connectivity index (χ3n) is 3.44. The fourth-order valence-electron chi connectivity index (χ4n) is 2.42. The molecule has 1 unspecified atom stereocenters. The highest BCUT2D eigenvalue weighted by molar-refractivity contribution is 6.17. The van der Waals surface area contributed by atoms with Crippen LogP contribution in [0.3, 0.4) is 0 Å². The Balaban J connectivity index is 2.30. The Hall–Kier alpha value is -1.33. The van der Waals surface area contributed by atoms with Crippen molar-refractivity contribution in [2.75, 3.05) is 25.1 Å². The van der Waals surface area contributed by atoms with Crippen molar-refractivity contribution in [3.8, 4) is 0 Å². The molecule has 2 rings (SSSR count). The van der Waals surface area contributed by atoms with Gasteiger partial charge in [-0.3, -0.25) is 10.1 Å². The highest BCUT2D eigenvalue weighted by Gasteiger charge is 2.25. The molecule has 1 heterocycles. The summed E-state index contributed by atoms with van der Waals surface area (Å²) >= 11 is 5.73. The molecule has 1 aliphatic rings. The number of nitro benzene ring substituents is 1. The monoisotopic (exact) mass is 284 g/mol. The van der Waals surface area contributed by atoms with Crippen molar-refractivity contribution in [3.63, 3.8) is 0 Å². The van der Waals surface area contributed by atoms with E-state index >= 15 is 0 Å². The van der Waals surface area contributed by atoms with Crippen LogP contribution in [0.5, 0.6) is 0 Å². The summed E-state index contributed by atoms with van der Waals surface area (Å²) in [6, 6.07) is 5.18. The van der Waals surface area contributed by atoms with Crippen molar-refractivity contribution in [1.82, 2.24) is 0 Å². The lowest BCUT2D eigenvalue weighted by atomic mass is 10.1. The van der Waals surface area contributed by atoms with Gasteiger partial charge in [-0.05, 0) is 24.5 Å². The smallest absolute Gasteiger partial charge is 0.292 e. The Kier molecular flexibility index (Phi) is 4.61. The number of rotatable bonds is 4. The van der Waals surface area contributed by atoms with Crippen LogP contribution in [-0.2, 0) is 10.6 Å². The zero-order valence-electron chi connectivity index (χ0n) is 10.8. The predicted molar refractivity (Wildman–Crippen MR) is 74.9 cm³/mol. The lowest BCUT2D eigenvalue weighted by Gasteiger charge is -2.33. The number of hydrogen-bond acceptors (Lipinski definition) is 4. The number of ether oxygens (including phenoxy) is 1. The quantitative estimate of drug-likeness (QED) is 0.484. The van der Waals surface area contributed by atoms with Gasteiger partial charge in [0.05, 0.1) is 11.0 Å². The largest absolute Gasteiger partial charge is 0.380 e. The van der Waals surface area contributed by atoms with E-state index < -0.39 is 0 Å². The molecule has 1 aromatic carbocycles. The maximum absolute atomic E-state index is 11.2. The van der Waals surface area contributed by atoms with Crippen molar-refractivity contribution in [2.24, 2.45) is 0 Å². The first kappa shape index (κ1) is 14.1. The van der Waals surface area contributed by atoms with Crippen molar-refractivity contribution >= 4 is 23.0 Å². The van der Waals surface area contributed by atoms with Gasteiger partial charge in [-0.25, -0.2) is 0 Å². The number of nitro groups is 1. The average molecular weight is 285 g/mol. The first-order valence-corrected chi connectivity index (χ1v) is 6.80. The van der Waals surface area contributed by atoms with Crippen molar-refractivity contribution in [1.29, 1.82) is 0 Å². The molecule has 0 saturated carbocycles. The Bertz CT molecular complexity index is 467. The van der Waals surface area contributed by atoms with Crippen LogP contribution in [-0.4, -0.2) is 31.2 Å². The second-order valence-corrected chi connectivity index (χ2v) is 4.93. The molecule has 0 amide bonds. The molecular weight excluding hydrogens is 268 g/mol. The van der Waals surface area contributed by atoms with Gasteiger partial charge in [-0.2, -0.15) is 0 Å². The topological polar surface area (TPSA) is 55.6 Å². The highest BCUT2D eigenvalue weighted by Crippen LogP contribution is 2.32. The Morgan fingerprint density at radius 3 is 3.00 bits per heavy atom. The van der Waals surface area contributed by atoms with E-state index in [4.69, 9.17) is 16.3 Å². The number of alkyl halides is 1. The first-order valence-electron chi connectivity index (χ1n) is 6.26. The van der Waals surface area contributed by atoms with Gasteiger partial charge in [0, 0.05) is 32.1 Å². The molecule has 0 aliphatic carbocycles. The Morgan fingerprint density at radius 1 is 1.58 bits per heavy atom. The van der Waals surface area contributed by atoms with Crippen LogP contribution in [0.2, 0.25) is 0 Å². The van der Waals surface area contributed by atoms with E-state index in [1.165, 1.54) is 0 Å². The average Bonchev–Trinajstić information content (AvgIpc) is 2.46. The minimum absolute atomic E-state index is 0.120. The molecule has 19 heavy (non-hydrogen) atoms. The molecule has 0 bridgehead atoms. The van der Waals surface area contributed by atoms with Crippen LogP contribution >= 0.6 is 11.6 Å². The number of hydrogen-bond donors (Lipinski definition) is 0. The van der Waals surface area contributed by atoms with Crippen molar-refractivity contribution in [3.05, 3.63) is 33.9 Å². The van der Waals surface area contributed by atoms with Crippen LogP contribution in [0.15, 0.2) is 18.2 Å². The van der Waals surface area contributed by atoms with E-state index in [2.05, 4.69) is 0 Å². The van der Waals surface area contributed by atoms with Gasteiger partial charge in [0.25, 0.3) is 5.69 Å². The van der Waals surface area contributed by atoms with Crippen LogP contribution in [0.4, 0.5) is 11.4 Å². The summed E-state index contributed by atoms with van der Waals surface area (Å²) in [6.45, 7) is 1.51. The van der Waals surface area contributed by atoms with Crippen molar-refractivity contribution in [2.45, 2.75) is 24.8 Å². The molecule has 1 aromatic rings. The molecule has 0 aromatic heterocycles. The fourth-order valence-corrected chi connectivity index (χ4v) is 2.58. The number of methoxy groups -OCH3 is 1. The lowest BCUT2D eigenvalue weighted by molar-refractivity contribution is -0.384. The summed E-state index contributed by atoms with van der Waals surface area (Å²) in [5.41, 5.74) is 1.54. The van der Waals surface area contributed by atoms with Gasteiger partial charge >= 0.3 is 0 Å². The number of anilines is 1. The Labute approximate surface area is 117 Å². The zero-order chi connectivity index (χ0) is 13.8. The van der Waals surface area contributed by atoms with Crippen LogP contribution < -0.4 is 4.90 Å².